The summed E-state index contributed by atoms with van der Waals surface area (Å²) in [5.74, 6) is -0.858. The fourth-order valence-corrected chi connectivity index (χ4v) is 1.82. The number of benzene rings is 2. The number of hydrogen-bond donors (Lipinski definition) is 0. The number of para-hydroxylation sites is 1. The standard InChI is InChI=1S/C15H14F2O/c1-2-18-15-6-4-3-5-12(15)9-11-7-8-13(16)14(17)10-11/h3-8,10H,2,9H2,1H3. The largest absolute Gasteiger partial charge is 0.494 e. The summed E-state index contributed by atoms with van der Waals surface area (Å²) in [6.45, 7) is 2.49. The Labute approximate surface area is 105 Å². The smallest absolute Gasteiger partial charge is 0.159 e. The van der Waals surface area contributed by atoms with E-state index in [-0.39, 0.29) is 0 Å². The molecular weight excluding hydrogens is 234 g/mol. The van der Waals surface area contributed by atoms with Crippen molar-refractivity contribution in [1.82, 2.24) is 0 Å². The van der Waals surface area contributed by atoms with Gasteiger partial charge >= 0.3 is 0 Å². The van der Waals surface area contributed by atoms with Gasteiger partial charge < -0.3 is 4.74 Å². The summed E-state index contributed by atoms with van der Waals surface area (Å²) in [5.41, 5.74) is 1.69. The summed E-state index contributed by atoms with van der Waals surface area (Å²) in [7, 11) is 0. The molecule has 0 unspecified atom stereocenters. The van der Waals surface area contributed by atoms with Crippen molar-refractivity contribution in [1.29, 1.82) is 0 Å². The van der Waals surface area contributed by atoms with Crippen LogP contribution in [-0.4, -0.2) is 6.61 Å². The van der Waals surface area contributed by atoms with Crippen molar-refractivity contribution in [2.75, 3.05) is 6.61 Å². The maximum atomic E-state index is 13.1. The summed E-state index contributed by atoms with van der Waals surface area (Å²) >= 11 is 0. The van der Waals surface area contributed by atoms with Crippen LogP contribution in [0.25, 0.3) is 0 Å². The van der Waals surface area contributed by atoms with E-state index in [1.807, 2.05) is 31.2 Å². The zero-order valence-electron chi connectivity index (χ0n) is 10.1. The summed E-state index contributed by atoms with van der Waals surface area (Å²) in [6.07, 6.45) is 0.521. The lowest BCUT2D eigenvalue weighted by Crippen LogP contribution is -1.98. The predicted molar refractivity (Wildman–Crippen MR) is 66.8 cm³/mol. The molecule has 18 heavy (non-hydrogen) atoms. The molecule has 0 atom stereocenters. The van der Waals surface area contributed by atoms with E-state index in [1.165, 1.54) is 6.07 Å². The van der Waals surface area contributed by atoms with Gasteiger partial charge in [0.25, 0.3) is 0 Å². The molecule has 0 heterocycles. The first-order valence-electron chi connectivity index (χ1n) is 5.85. The molecule has 2 rings (SSSR count). The highest BCUT2D eigenvalue weighted by Crippen LogP contribution is 2.22. The van der Waals surface area contributed by atoms with Crippen LogP contribution >= 0.6 is 0 Å². The predicted octanol–water partition coefficient (Wildman–Crippen LogP) is 3.95. The molecule has 0 aliphatic heterocycles. The molecule has 3 heteroatoms. The minimum absolute atomic E-state index is 0.521. The monoisotopic (exact) mass is 248 g/mol. The van der Waals surface area contributed by atoms with Crippen molar-refractivity contribution in [3.63, 3.8) is 0 Å². The van der Waals surface area contributed by atoms with Gasteiger partial charge in [0.2, 0.25) is 0 Å². The van der Waals surface area contributed by atoms with Crippen LogP contribution < -0.4 is 4.74 Å². The SMILES string of the molecule is CCOc1ccccc1Cc1ccc(F)c(F)c1. The lowest BCUT2D eigenvalue weighted by atomic mass is 10.0. The Kier molecular flexibility index (Phi) is 3.92. The van der Waals surface area contributed by atoms with E-state index in [2.05, 4.69) is 0 Å². The van der Waals surface area contributed by atoms with E-state index in [4.69, 9.17) is 4.74 Å². The molecule has 0 aliphatic rings. The zero-order valence-corrected chi connectivity index (χ0v) is 10.1. The van der Waals surface area contributed by atoms with Gasteiger partial charge in [-0.25, -0.2) is 8.78 Å². The molecule has 0 radical (unpaired) electrons. The summed E-state index contributed by atoms with van der Waals surface area (Å²) in [5, 5.41) is 0. The van der Waals surface area contributed by atoms with Gasteiger partial charge in [-0.3, -0.25) is 0 Å². The third kappa shape index (κ3) is 2.86. The Morgan fingerprint density at radius 2 is 1.78 bits per heavy atom. The minimum atomic E-state index is -0.822. The third-order valence-electron chi connectivity index (χ3n) is 2.65. The molecule has 2 aromatic rings. The molecule has 0 aromatic heterocycles. The van der Waals surface area contributed by atoms with Crippen LogP contribution in [0.3, 0.4) is 0 Å². The topological polar surface area (TPSA) is 9.23 Å². The van der Waals surface area contributed by atoms with E-state index in [0.29, 0.717) is 13.0 Å². The Morgan fingerprint density at radius 3 is 2.50 bits per heavy atom. The number of halogens is 2. The molecule has 0 N–H and O–H groups in total. The first-order valence-corrected chi connectivity index (χ1v) is 5.85. The lowest BCUT2D eigenvalue weighted by molar-refractivity contribution is 0.337. The number of rotatable bonds is 4. The van der Waals surface area contributed by atoms with E-state index in [1.54, 1.807) is 6.07 Å². The van der Waals surface area contributed by atoms with Crippen LogP contribution in [0.4, 0.5) is 8.78 Å². The molecule has 2 aromatic carbocycles. The van der Waals surface area contributed by atoms with E-state index >= 15 is 0 Å². The van der Waals surface area contributed by atoms with Crippen LogP contribution in [0.1, 0.15) is 18.1 Å². The van der Waals surface area contributed by atoms with Crippen LogP contribution in [0.5, 0.6) is 5.75 Å². The second-order valence-electron chi connectivity index (χ2n) is 3.97. The second kappa shape index (κ2) is 5.63. The molecule has 1 nitrogen and oxygen atoms in total. The van der Waals surface area contributed by atoms with Crippen molar-refractivity contribution >= 4 is 0 Å². The van der Waals surface area contributed by atoms with E-state index < -0.39 is 11.6 Å². The van der Waals surface area contributed by atoms with Gasteiger partial charge in [-0.2, -0.15) is 0 Å². The van der Waals surface area contributed by atoms with Crippen LogP contribution in [-0.2, 0) is 6.42 Å². The number of hydrogen-bond acceptors (Lipinski definition) is 1. The maximum absolute atomic E-state index is 13.1. The van der Waals surface area contributed by atoms with Gasteiger partial charge in [-0.05, 0) is 36.2 Å². The molecule has 0 fully saturated rings. The van der Waals surface area contributed by atoms with Gasteiger partial charge in [-0.15, -0.1) is 0 Å². The van der Waals surface area contributed by atoms with Gasteiger partial charge in [0.15, 0.2) is 11.6 Å². The van der Waals surface area contributed by atoms with Gasteiger partial charge in [0, 0.05) is 6.42 Å². The molecule has 94 valence electrons. The third-order valence-corrected chi connectivity index (χ3v) is 2.65. The minimum Gasteiger partial charge on any atom is -0.494 e. The maximum Gasteiger partial charge on any atom is 0.159 e. The van der Waals surface area contributed by atoms with Crippen molar-refractivity contribution < 1.29 is 13.5 Å². The molecule has 0 bridgehead atoms. The summed E-state index contributed by atoms with van der Waals surface area (Å²) < 4.78 is 31.5. The Morgan fingerprint density at radius 1 is 1.00 bits per heavy atom. The highest BCUT2D eigenvalue weighted by atomic mass is 19.2. The fraction of sp³-hybridized carbons (Fsp3) is 0.200. The highest BCUT2D eigenvalue weighted by molar-refractivity contribution is 5.37. The van der Waals surface area contributed by atoms with Crippen LogP contribution in [0.2, 0.25) is 0 Å². The average molecular weight is 248 g/mol. The molecule has 0 spiro atoms. The molecule has 0 aliphatic carbocycles. The highest BCUT2D eigenvalue weighted by Gasteiger charge is 2.06. The Hall–Kier alpha value is -1.90. The summed E-state index contributed by atoms with van der Waals surface area (Å²) in [6, 6.07) is 11.5. The van der Waals surface area contributed by atoms with Crippen LogP contribution in [0.15, 0.2) is 42.5 Å². The first kappa shape index (κ1) is 12.6. The Balaban J connectivity index is 2.25. The molecule has 0 saturated heterocycles. The van der Waals surface area contributed by atoms with Gasteiger partial charge in [0.1, 0.15) is 5.75 Å². The van der Waals surface area contributed by atoms with Crippen molar-refractivity contribution in [2.24, 2.45) is 0 Å². The number of ether oxygens (including phenoxy) is 1. The zero-order chi connectivity index (χ0) is 13.0. The summed E-state index contributed by atoms with van der Waals surface area (Å²) in [4.78, 5) is 0. The Bertz CT molecular complexity index is 538. The molecular formula is C15H14F2O. The molecule has 0 amide bonds. The first-order chi connectivity index (χ1) is 8.70. The van der Waals surface area contributed by atoms with Crippen LogP contribution in [0, 0.1) is 11.6 Å². The van der Waals surface area contributed by atoms with Crippen molar-refractivity contribution in [3.8, 4) is 5.75 Å². The lowest BCUT2D eigenvalue weighted by Gasteiger charge is -2.10. The van der Waals surface area contributed by atoms with Crippen molar-refractivity contribution in [2.45, 2.75) is 13.3 Å². The van der Waals surface area contributed by atoms with Gasteiger partial charge in [-0.1, -0.05) is 24.3 Å². The van der Waals surface area contributed by atoms with Crippen molar-refractivity contribution in [3.05, 3.63) is 65.2 Å². The second-order valence-corrected chi connectivity index (χ2v) is 3.97. The molecule has 0 saturated carbocycles. The quantitative estimate of drug-likeness (QED) is 0.796. The average Bonchev–Trinajstić information content (AvgIpc) is 2.37. The van der Waals surface area contributed by atoms with E-state index in [0.717, 1.165) is 22.9 Å². The normalized spacial score (nSPS) is 10.4. The van der Waals surface area contributed by atoms with Gasteiger partial charge in [0.05, 0.1) is 6.61 Å². The van der Waals surface area contributed by atoms with E-state index in [9.17, 15) is 8.78 Å². The fourth-order valence-electron chi connectivity index (χ4n) is 1.82.